The number of benzene rings is 1. The molecule has 2 unspecified atom stereocenters. The first-order valence-corrected chi connectivity index (χ1v) is 7.33. The first-order valence-electron chi connectivity index (χ1n) is 7.33. The third-order valence-corrected chi connectivity index (χ3v) is 4.44. The Morgan fingerprint density at radius 2 is 2.05 bits per heavy atom. The lowest BCUT2D eigenvalue weighted by Crippen LogP contribution is -2.44. The minimum absolute atomic E-state index is 0.224. The molecule has 1 aliphatic heterocycles. The van der Waals surface area contributed by atoms with Crippen molar-refractivity contribution in [3.8, 4) is 0 Å². The van der Waals surface area contributed by atoms with E-state index in [4.69, 9.17) is 0 Å². The summed E-state index contributed by atoms with van der Waals surface area (Å²) in [5.41, 5.74) is 2.74. The number of anilines is 1. The van der Waals surface area contributed by atoms with Crippen LogP contribution in [0.4, 0.5) is 5.69 Å². The van der Waals surface area contributed by atoms with Gasteiger partial charge in [-0.1, -0.05) is 25.1 Å². The van der Waals surface area contributed by atoms with Crippen molar-refractivity contribution in [3.05, 3.63) is 29.8 Å². The lowest BCUT2D eigenvalue weighted by molar-refractivity contribution is 0.127. The Hall–Kier alpha value is -1.06. The van der Waals surface area contributed by atoms with Gasteiger partial charge in [0.15, 0.2) is 0 Å². The van der Waals surface area contributed by atoms with Crippen LogP contribution in [0, 0.1) is 0 Å². The Labute approximate surface area is 116 Å². The second kappa shape index (κ2) is 6.40. The van der Waals surface area contributed by atoms with Crippen LogP contribution in [0.1, 0.15) is 25.8 Å². The summed E-state index contributed by atoms with van der Waals surface area (Å²) in [6.45, 7) is 6.66. The van der Waals surface area contributed by atoms with Crippen molar-refractivity contribution < 1.29 is 5.11 Å². The van der Waals surface area contributed by atoms with E-state index in [1.165, 1.54) is 11.3 Å². The summed E-state index contributed by atoms with van der Waals surface area (Å²) in [7, 11) is 2.13. The zero-order valence-corrected chi connectivity index (χ0v) is 12.3. The molecule has 2 rings (SSSR count). The van der Waals surface area contributed by atoms with Crippen molar-refractivity contribution in [2.24, 2.45) is 0 Å². The highest BCUT2D eigenvalue weighted by molar-refractivity contribution is 5.54. The molecule has 0 radical (unpaired) electrons. The van der Waals surface area contributed by atoms with Gasteiger partial charge in [-0.05, 0) is 38.4 Å². The van der Waals surface area contributed by atoms with Gasteiger partial charge in [-0.3, -0.25) is 4.90 Å². The molecule has 1 saturated heterocycles. The van der Waals surface area contributed by atoms with Crippen LogP contribution in [-0.4, -0.2) is 48.8 Å². The Kier molecular flexibility index (Phi) is 4.83. The SMILES string of the molecule is CCc1ccccc1N1CCC(C)N(C)C(CO)C1. The third kappa shape index (κ3) is 3.10. The Morgan fingerprint density at radius 1 is 1.32 bits per heavy atom. The highest BCUT2D eigenvalue weighted by Gasteiger charge is 2.26. The van der Waals surface area contributed by atoms with E-state index in [0.29, 0.717) is 6.04 Å². The molecule has 3 nitrogen and oxygen atoms in total. The lowest BCUT2D eigenvalue weighted by Gasteiger charge is -2.31. The van der Waals surface area contributed by atoms with Gasteiger partial charge in [-0.15, -0.1) is 0 Å². The van der Waals surface area contributed by atoms with E-state index in [2.05, 4.69) is 55.0 Å². The van der Waals surface area contributed by atoms with Gasteiger partial charge in [-0.25, -0.2) is 0 Å². The van der Waals surface area contributed by atoms with Crippen LogP contribution in [0.5, 0.6) is 0 Å². The molecule has 1 heterocycles. The fourth-order valence-corrected chi connectivity index (χ4v) is 2.90. The average Bonchev–Trinajstić information content (AvgIpc) is 2.59. The maximum absolute atomic E-state index is 9.63. The normalized spacial score (nSPS) is 25.4. The standard InChI is InChI=1S/C16H26N2O/c1-4-14-7-5-6-8-16(14)18-10-9-13(2)17(3)15(11-18)12-19/h5-8,13,15,19H,4,9-12H2,1-3H3. The van der Waals surface area contributed by atoms with Crippen molar-refractivity contribution in [2.45, 2.75) is 38.8 Å². The predicted octanol–water partition coefficient (Wildman–Crippen LogP) is 2.14. The van der Waals surface area contributed by atoms with Gasteiger partial charge in [0, 0.05) is 24.8 Å². The first kappa shape index (κ1) is 14.4. The van der Waals surface area contributed by atoms with Crippen molar-refractivity contribution in [1.82, 2.24) is 4.90 Å². The molecule has 0 spiro atoms. The molecule has 1 aromatic rings. The Balaban J connectivity index is 2.24. The van der Waals surface area contributed by atoms with Crippen LogP contribution in [-0.2, 0) is 6.42 Å². The molecule has 0 saturated carbocycles. The fourth-order valence-electron chi connectivity index (χ4n) is 2.90. The highest BCUT2D eigenvalue weighted by atomic mass is 16.3. The molecule has 0 bridgehead atoms. The van der Waals surface area contributed by atoms with Gasteiger partial charge in [0.05, 0.1) is 12.6 Å². The Morgan fingerprint density at radius 3 is 2.74 bits per heavy atom. The second-order valence-electron chi connectivity index (χ2n) is 5.57. The second-order valence-corrected chi connectivity index (χ2v) is 5.57. The summed E-state index contributed by atoms with van der Waals surface area (Å²) in [6, 6.07) is 9.39. The minimum Gasteiger partial charge on any atom is -0.395 e. The van der Waals surface area contributed by atoms with Crippen LogP contribution >= 0.6 is 0 Å². The van der Waals surface area contributed by atoms with Gasteiger partial charge < -0.3 is 10.0 Å². The number of likely N-dealkylation sites (N-methyl/N-ethyl adjacent to an activating group) is 1. The summed E-state index contributed by atoms with van der Waals surface area (Å²) < 4.78 is 0. The van der Waals surface area contributed by atoms with E-state index in [-0.39, 0.29) is 12.6 Å². The van der Waals surface area contributed by atoms with Gasteiger partial charge in [0.2, 0.25) is 0 Å². The summed E-state index contributed by atoms with van der Waals surface area (Å²) >= 11 is 0. The van der Waals surface area contributed by atoms with Crippen molar-refractivity contribution in [2.75, 3.05) is 31.6 Å². The fraction of sp³-hybridized carbons (Fsp3) is 0.625. The molecule has 0 aliphatic carbocycles. The van der Waals surface area contributed by atoms with Gasteiger partial charge >= 0.3 is 0 Å². The number of hydrogen-bond donors (Lipinski definition) is 1. The molecule has 3 heteroatoms. The number of nitrogens with zero attached hydrogens (tertiary/aromatic N) is 2. The van der Waals surface area contributed by atoms with Gasteiger partial charge in [0.1, 0.15) is 0 Å². The molecule has 2 atom stereocenters. The molecule has 19 heavy (non-hydrogen) atoms. The van der Waals surface area contributed by atoms with E-state index >= 15 is 0 Å². The quantitative estimate of drug-likeness (QED) is 0.904. The third-order valence-electron chi connectivity index (χ3n) is 4.44. The topological polar surface area (TPSA) is 26.7 Å². The van der Waals surface area contributed by atoms with E-state index in [9.17, 15) is 5.11 Å². The van der Waals surface area contributed by atoms with Gasteiger partial charge in [0.25, 0.3) is 0 Å². The first-order chi connectivity index (χ1) is 9.17. The predicted molar refractivity (Wildman–Crippen MR) is 80.7 cm³/mol. The number of aryl methyl sites for hydroxylation is 1. The zero-order chi connectivity index (χ0) is 13.8. The van der Waals surface area contributed by atoms with Crippen LogP contribution in [0.2, 0.25) is 0 Å². The van der Waals surface area contributed by atoms with E-state index in [1.54, 1.807) is 0 Å². The number of rotatable bonds is 3. The molecular weight excluding hydrogens is 236 g/mol. The summed E-state index contributed by atoms with van der Waals surface area (Å²) in [5, 5.41) is 9.63. The molecule has 1 aromatic carbocycles. The van der Waals surface area contributed by atoms with Crippen molar-refractivity contribution in [3.63, 3.8) is 0 Å². The largest absolute Gasteiger partial charge is 0.395 e. The molecule has 1 N–H and O–H groups in total. The van der Waals surface area contributed by atoms with Crippen molar-refractivity contribution in [1.29, 1.82) is 0 Å². The lowest BCUT2D eigenvalue weighted by atomic mass is 10.1. The molecule has 1 fully saturated rings. The molecule has 0 aromatic heterocycles. The number of hydrogen-bond acceptors (Lipinski definition) is 3. The van der Waals surface area contributed by atoms with E-state index < -0.39 is 0 Å². The van der Waals surface area contributed by atoms with Crippen LogP contribution in [0.25, 0.3) is 0 Å². The number of aliphatic hydroxyl groups excluding tert-OH is 1. The molecular formula is C16H26N2O. The smallest absolute Gasteiger partial charge is 0.0604 e. The summed E-state index contributed by atoms with van der Waals surface area (Å²) in [6.07, 6.45) is 2.20. The van der Waals surface area contributed by atoms with E-state index in [0.717, 1.165) is 25.9 Å². The number of para-hydroxylation sites is 1. The molecule has 0 amide bonds. The van der Waals surface area contributed by atoms with Crippen LogP contribution in [0.15, 0.2) is 24.3 Å². The summed E-state index contributed by atoms with van der Waals surface area (Å²) in [4.78, 5) is 4.76. The number of aliphatic hydroxyl groups is 1. The van der Waals surface area contributed by atoms with Crippen LogP contribution < -0.4 is 4.90 Å². The summed E-state index contributed by atoms with van der Waals surface area (Å²) in [5.74, 6) is 0. The zero-order valence-electron chi connectivity index (χ0n) is 12.3. The molecule has 106 valence electrons. The monoisotopic (exact) mass is 262 g/mol. The van der Waals surface area contributed by atoms with Gasteiger partial charge in [-0.2, -0.15) is 0 Å². The maximum atomic E-state index is 9.63. The van der Waals surface area contributed by atoms with E-state index in [1.807, 2.05) is 0 Å². The maximum Gasteiger partial charge on any atom is 0.0604 e. The van der Waals surface area contributed by atoms with Crippen molar-refractivity contribution >= 4 is 5.69 Å². The average molecular weight is 262 g/mol. The highest BCUT2D eigenvalue weighted by Crippen LogP contribution is 2.25. The van der Waals surface area contributed by atoms with Crippen LogP contribution in [0.3, 0.4) is 0 Å². The Bertz CT molecular complexity index is 407. The minimum atomic E-state index is 0.224. The molecule has 1 aliphatic rings.